The monoisotopic (exact) mass is 355 g/mol. The zero-order valence-electron chi connectivity index (χ0n) is 15.0. The van der Waals surface area contributed by atoms with Crippen molar-refractivity contribution in [2.24, 2.45) is 28.3 Å². The SMILES string of the molecule is CCC(CC)NC(=O)[C@@H](NC(C)=O)[C@H]1CC(C(=O)O)C[C@@H]1N=C(N)N. The van der Waals surface area contributed by atoms with Crippen molar-refractivity contribution in [2.75, 3.05) is 0 Å². The molecule has 4 atom stereocenters. The van der Waals surface area contributed by atoms with Gasteiger partial charge in [-0.25, -0.2) is 4.99 Å². The number of carboxylic acids is 1. The molecule has 0 aromatic rings. The van der Waals surface area contributed by atoms with E-state index in [0.717, 1.165) is 12.8 Å². The maximum atomic E-state index is 12.7. The van der Waals surface area contributed by atoms with Gasteiger partial charge in [-0.05, 0) is 25.7 Å². The zero-order chi connectivity index (χ0) is 19.1. The second-order valence-electron chi connectivity index (χ2n) is 6.49. The minimum Gasteiger partial charge on any atom is -0.481 e. The number of carbonyl (C=O) groups is 3. The summed E-state index contributed by atoms with van der Waals surface area (Å²) < 4.78 is 0. The number of guanidine groups is 1. The van der Waals surface area contributed by atoms with E-state index in [2.05, 4.69) is 15.6 Å². The Hall–Kier alpha value is -2.32. The molecule has 1 aliphatic rings. The maximum Gasteiger partial charge on any atom is 0.306 e. The highest BCUT2D eigenvalue weighted by atomic mass is 16.4. The molecule has 142 valence electrons. The summed E-state index contributed by atoms with van der Waals surface area (Å²) >= 11 is 0. The van der Waals surface area contributed by atoms with Crippen molar-refractivity contribution in [3.05, 3.63) is 0 Å². The summed E-state index contributed by atoms with van der Waals surface area (Å²) in [7, 11) is 0. The molecule has 1 aliphatic carbocycles. The first-order valence-corrected chi connectivity index (χ1v) is 8.58. The average Bonchev–Trinajstić information content (AvgIpc) is 2.92. The molecule has 0 spiro atoms. The van der Waals surface area contributed by atoms with Crippen molar-refractivity contribution in [3.8, 4) is 0 Å². The Morgan fingerprint density at radius 3 is 2.20 bits per heavy atom. The topological polar surface area (TPSA) is 160 Å². The molecule has 0 heterocycles. The van der Waals surface area contributed by atoms with Crippen LogP contribution < -0.4 is 22.1 Å². The van der Waals surface area contributed by atoms with Gasteiger partial charge in [0.1, 0.15) is 6.04 Å². The molecule has 25 heavy (non-hydrogen) atoms. The number of aliphatic imine (C=N–C) groups is 1. The first kappa shape index (κ1) is 20.7. The lowest BCUT2D eigenvalue weighted by Crippen LogP contribution is -2.54. The molecule has 0 aromatic heterocycles. The summed E-state index contributed by atoms with van der Waals surface area (Å²) in [4.78, 5) is 39.8. The van der Waals surface area contributed by atoms with Gasteiger partial charge in [-0.15, -0.1) is 0 Å². The number of nitrogens with zero attached hydrogens (tertiary/aromatic N) is 1. The summed E-state index contributed by atoms with van der Waals surface area (Å²) in [6.45, 7) is 5.23. The number of aliphatic carboxylic acids is 1. The minimum atomic E-state index is -0.958. The predicted molar refractivity (Wildman–Crippen MR) is 93.6 cm³/mol. The summed E-state index contributed by atoms with van der Waals surface area (Å²) in [5, 5.41) is 14.9. The molecule has 2 amide bonds. The van der Waals surface area contributed by atoms with Crippen molar-refractivity contribution in [1.29, 1.82) is 0 Å². The van der Waals surface area contributed by atoms with Crippen LogP contribution in [0.5, 0.6) is 0 Å². The highest BCUT2D eigenvalue weighted by Gasteiger charge is 2.45. The quantitative estimate of drug-likeness (QED) is 0.293. The molecular weight excluding hydrogens is 326 g/mol. The van der Waals surface area contributed by atoms with Gasteiger partial charge in [-0.3, -0.25) is 14.4 Å². The van der Waals surface area contributed by atoms with Crippen LogP contribution in [0.1, 0.15) is 46.5 Å². The fourth-order valence-corrected chi connectivity index (χ4v) is 3.32. The summed E-state index contributed by atoms with van der Waals surface area (Å²) in [5.74, 6) is -2.97. The van der Waals surface area contributed by atoms with Crippen LogP contribution >= 0.6 is 0 Å². The number of carboxylic acid groups (broad SMARTS) is 1. The Morgan fingerprint density at radius 2 is 1.76 bits per heavy atom. The Morgan fingerprint density at radius 1 is 1.16 bits per heavy atom. The Kier molecular flexibility index (Phi) is 7.66. The third kappa shape index (κ3) is 5.91. The van der Waals surface area contributed by atoms with E-state index in [-0.39, 0.29) is 36.7 Å². The van der Waals surface area contributed by atoms with E-state index in [9.17, 15) is 19.5 Å². The van der Waals surface area contributed by atoms with Gasteiger partial charge in [-0.1, -0.05) is 13.8 Å². The van der Waals surface area contributed by atoms with Crippen LogP contribution in [0.4, 0.5) is 0 Å². The third-order valence-corrected chi connectivity index (χ3v) is 4.64. The van der Waals surface area contributed by atoms with E-state index in [1.165, 1.54) is 6.92 Å². The third-order valence-electron chi connectivity index (χ3n) is 4.64. The van der Waals surface area contributed by atoms with Gasteiger partial charge in [0.2, 0.25) is 11.8 Å². The number of nitrogens with one attached hydrogen (secondary N) is 2. The summed E-state index contributed by atoms with van der Waals surface area (Å²) in [6, 6.07) is -1.42. The van der Waals surface area contributed by atoms with Gasteiger partial charge in [0.15, 0.2) is 5.96 Å². The zero-order valence-corrected chi connectivity index (χ0v) is 15.0. The smallest absolute Gasteiger partial charge is 0.306 e. The first-order valence-electron chi connectivity index (χ1n) is 8.58. The normalized spacial score (nSPS) is 23.8. The maximum absolute atomic E-state index is 12.7. The largest absolute Gasteiger partial charge is 0.481 e. The van der Waals surface area contributed by atoms with E-state index in [1.54, 1.807) is 0 Å². The van der Waals surface area contributed by atoms with Crippen molar-refractivity contribution in [1.82, 2.24) is 10.6 Å². The van der Waals surface area contributed by atoms with Crippen LogP contribution in [0.25, 0.3) is 0 Å². The fourth-order valence-electron chi connectivity index (χ4n) is 3.32. The first-order chi connectivity index (χ1) is 11.7. The van der Waals surface area contributed by atoms with Gasteiger partial charge in [0.05, 0.1) is 12.0 Å². The van der Waals surface area contributed by atoms with E-state index in [1.807, 2.05) is 13.8 Å². The number of nitrogens with two attached hydrogens (primary N) is 2. The lowest BCUT2D eigenvalue weighted by atomic mass is 9.92. The molecule has 1 saturated carbocycles. The van der Waals surface area contributed by atoms with Crippen molar-refractivity contribution in [2.45, 2.75) is 64.6 Å². The molecule has 0 radical (unpaired) electrons. The summed E-state index contributed by atoms with van der Waals surface area (Å²) in [6.07, 6.45) is 1.97. The Labute approximate surface area is 147 Å². The Bertz CT molecular complexity index is 529. The number of carbonyl (C=O) groups excluding carboxylic acids is 2. The summed E-state index contributed by atoms with van der Waals surface area (Å²) in [5.41, 5.74) is 10.9. The van der Waals surface area contributed by atoms with Crippen LogP contribution in [0.2, 0.25) is 0 Å². The van der Waals surface area contributed by atoms with E-state index >= 15 is 0 Å². The molecule has 9 nitrogen and oxygen atoms in total. The molecule has 1 unspecified atom stereocenters. The fraction of sp³-hybridized carbons (Fsp3) is 0.750. The van der Waals surface area contributed by atoms with Crippen molar-refractivity contribution >= 4 is 23.7 Å². The van der Waals surface area contributed by atoms with Crippen LogP contribution in [0.15, 0.2) is 4.99 Å². The molecule has 1 rings (SSSR count). The van der Waals surface area contributed by atoms with Crippen molar-refractivity contribution < 1.29 is 19.5 Å². The van der Waals surface area contributed by atoms with E-state index in [4.69, 9.17) is 11.5 Å². The number of hydrogen-bond donors (Lipinski definition) is 5. The molecule has 0 aliphatic heterocycles. The van der Waals surface area contributed by atoms with Crippen LogP contribution in [0.3, 0.4) is 0 Å². The molecule has 7 N–H and O–H groups in total. The lowest BCUT2D eigenvalue weighted by molar-refractivity contribution is -0.141. The van der Waals surface area contributed by atoms with Crippen LogP contribution in [0, 0.1) is 11.8 Å². The molecule has 0 bridgehead atoms. The van der Waals surface area contributed by atoms with E-state index < -0.39 is 29.9 Å². The predicted octanol–water partition coefficient (Wildman–Crippen LogP) is -0.451. The number of hydrogen-bond acceptors (Lipinski definition) is 4. The van der Waals surface area contributed by atoms with Crippen LogP contribution in [-0.4, -0.2) is 47.0 Å². The highest BCUT2D eigenvalue weighted by Crippen LogP contribution is 2.36. The molecule has 0 aromatic carbocycles. The second kappa shape index (κ2) is 9.24. The number of amides is 2. The van der Waals surface area contributed by atoms with Gasteiger partial charge >= 0.3 is 5.97 Å². The second-order valence-corrected chi connectivity index (χ2v) is 6.49. The van der Waals surface area contributed by atoms with Gasteiger partial charge in [-0.2, -0.15) is 0 Å². The highest BCUT2D eigenvalue weighted by molar-refractivity contribution is 5.87. The number of rotatable bonds is 8. The standard InChI is InChI=1S/C16H29N5O4/c1-4-10(5-2)20-14(23)13(19-8(3)22)11-6-9(15(24)25)7-12(11)21-16(17)18/h9-13H,4-7H2,1-3H3,(H,19,22)(H,20,23)(H,24,25)(H4,17,18,21)/t9?,11-,12-,13-/m0/s1. The van der Waals surface area contributed by atoms with Crippen molar-refractivity contribution in [3.63, 3.8) is 0 Å². The van der Waals surface area contributed by atoms with Gasteiger partial charge < -0.3 is 27.2 Å². The van der Waals surface area contributed by atoms with E-state index in [0.29, 0.717) is 0 Å². The Balaban J connectivity index is 3.08. The molecule has 0 saturated heterocycles. The minimum absolute atomic E-state index is 0.0121. The average molecular weight is 355 g/mol. The van der Waals surface area contributed by atoms with Crippen LogP contribution in [-0.2, 0) is 14.4 Å². The lowest BCUT2D eigenvalue weighted by Gasteiger charge is -2.28. The van der Waals surface area contributed by atoms with Gasteiger partial charge in [0, 0.05) is 18.9 Å². The molecule has 1 fully saturated rings. The molecule has 9 heteroatoms. The van der Waals surface area contributed by atoms with Gasteiger partial charge in [0.25, 0.3) is 0 Å². The molecular formula is C16H29N5O4.